The van der Waals surface area contributed by atoms with Crippen molar-refractivity contribution in [3.05, 3.63) is 57.7 Å². The average molecular weight is 595 g/mol. The standard InChI is InChI=1S/C24H27Cl2F3N4O4S/c1-15(37-22-6-4-17(12-30-22)24(27,28)29)18-13-32(14-19(18)16-3-5-20(25)21(26)11-16)23(34)31-7-9-33(10-8-31)38(2,35)36/h3-6,11-12,15,18-19H,7-10,13-14H2,1-2H3/t15-,18+,19-/m1/s1. The zero-order valence-corrected chi connectivity index (χ0v) is 23.0. The molecule has 2 saturated heterocycles. The van der Waals surface area contributed by atoms with Gasteiger partial charge in [0.15, 0.2) is 0 Å². The smallest absolute Gasteiger partial charge is 0.417 e. The summed E-state index contributed by atoms with van der Waals surface area (Å²) >= 11 is 12.4. The minimum Gasteiger partial charge on any atom is -0.474 e. The lowest BCUT2D eigenvalue weighted by atomic mass is 9.86. The van der Waals surface area contributed by atoms with Crippen LogP contribution in [-0.4, -0.2) is 85.2 Å². The summed E-state index contributed by atoms with van der Waals surface area (Å²) in [7, 11) is -3.33. The predicted molar refractivity (Wildman–Crippen MR) is 137 cm³/mol. The lowest BCUT2D eigenvalue weighted by Gasteiger charge is -2.35. The SMILES string of the molecule is C[C@@H](Oc1ccc(C(F)(F)F)cn1)[C@@H]1CN(C(=O)N2CCN(S(C)(=O)=O)CC2)C[C@@H]1c1ccc(Cl)c(Cl)c1. The zero-order valence-electron chi connectivity index (χ0n) is 20.7. The Morgan fingerprint density at radius 3 is 2.29 bits per heavy atom. The number of amides is 2. The van der Waals surface area contributed by atoms with Crippen LogP contribution in [-0.2, 0) is 16.2 Å². The average Bonchev–Trinajstić information content (AvgIpc) is 3.30. The molecule has 0 N–H and O–H groups in total. The van der Waals surface area contributed by atoms with E-state index in [9.17, 15) is 26.4 Å². The quantitative estimate of drug-likeness (QED) is 0.506. The maximum atomic E-state index is 13.4. The fraction of sp³-hybridized carbons (Fsp3) is 0.500. The molecule has 8 nitrogen and oxygen atoms in total. The first-order chi connectivity index (χ1) is 17.7. The number of hydrogen-bond acceptors (Lipinski definition) is 5. The van der Waals surface area contributed by atoms with Gasteiger partial charge < -0.3 is 14.5 Å². The topological polar surface area (TPSA) is 83.1 Å². The molecule has 2 fully saturated rings. The minimum absolute atomic E-state index is 0.0417. The molecule has 4 rings (SSSR count). The summed E-state index contributed by atoms with van der Waals surface area (Å²) in [5.41, 5.74) is -0.0304. The molecule has 0 aliphatic carbocycles. The van der Waals surface area contributed by atoms with Crippen LogP contribution in [0, 0.1) is 5.92 Å². The van der Waals surface area contributed by atoms with Crippen molar-refractivity contribution in [1.29, 1.82) is 0 Å². The maximum Gasteiger partial charge on any atom is 0.417 e. The first-order valence-corrected chi connectivity index (χ1v) is 14.5. The summed E-state index contributed by atoms with van der Waals surface area (Å²) in [5, 5.41) is 0.752. The van der Waals surface area contributed by atoms with Crippen LogP contribution in [0.4, 0.5) is 18.0 Å². The Hall–Kier alpha value is -2.28. The highest BCUT2D eigenvalue weighted by molar-refractivity contribution is 7.88. The van der Waals surface area contributed by atoms with E-state index in [-0.39, 0.29) is 49.9 Å². The number of halogens is 5. The monoisotopic (exact) mass is 594 g/mol. The molecule has 2 aliphatic heterocycles. The lowest BCUT2D eigenvalue weighted by Crippen LogP contribution is -2.53. The van der Waals surface area contributed by atoms with Crippen molar-refractivity contribution in [2.75, 3.05) is 45.5 Å². The van der Waals surface area contributed by atoms with Crippen molar-refractivity contribution >= 4 is 39.3 Å². The van der Waals surface area contributed by atoms with Crippen molar-refractivity contribution in [2.24, 2.45) is 5.92 Å². The van der Waals surface area contributed by atoms with Crippen molar-refractivity contribution in [2.45, 2.75) is 25.1 Å². The van der Waals surface area contributed by atoms with Gasteiger partial charge in [-0.2, -0.15) is 17.5 Å². The van der Waals surface area contributed by atoms with Gasteiger partial charge in [-0.1, -0.05) is 29.3 Å². The molecule has 0 unspecified atom stereocenters. The Morgan fingerprint density at radius 1 is 1.05 bits per heavy atom. The number of rotatable bonds is 5. The highest BCUT2D eigenvalue weighted by atomic mass is 35.5. The van der Waals surface area contributed by atoms with E-state index in [1.807, 2.05) is 6.07 Å². The van der Waals surface area contributed by atoms with Gasteiger partial charge in [-0.15, -0.1) is 0 Å². The molecule has 0 spiro atoms. The summed E-state index contributed by atoms with van der Waals surface area (Å²) in [6.07, 6.45) is -3.16. The van der Waals surface area contributed by atoms with E-state index in [1.54, 1.807) is 28.9 Å². The van der Waals surface area contributed by atoms with Gasteiger partial charge in [0.05, 0.1) is 21.9 Å². The Labute approximate surface area is 229 Å². The van der Waals surface area contributed by atoms with E-state index in [4.69, 9.17) is 27.9 Å². The number of pyridine rings is 1. The number of likely N-dealkylation sites (tertiary alicyclic amines) is 1. The maximum absolute atomic E-state index is 13.4. The summed E-state index contributed by atoms with van der Waals surface area (Å²) in [6.45, 7) is 3.43. The summed E-state index contributed by atoms with van der Waals surface area (Å²) in [5.74, 6) is -0.395. The number of benzene rings is 1. The van der Waals surface area contributed by atoms with E-state index >= 15 is 0 Å². The Morgan fingerprint density at radius 2 is 1.74 bits per heavy atom. The third-order valence-corrected chi connectivity index (χ3v) is 9.00. The third-order valence-electron chi connectivity index (χ3n) is 6.96. The Kier molecular flexibility index (Phi) is 8.37. The molecule has 1 aromatic carbocycles. The summed E-state index contributed by atoms with van der Waals surface area (Å²) in [6, 6.07) is 7.11. The predicted octanol–water partition coefficient (Wildman–Crippen LogP) is 4.59. The number of urea groups is 1. The molecular weight excluding hydrogens is 568 g/mol. The van der Waals surface area contributed by atoms with Gasteiger partial charge in [0.2, 0.25) is 15.9 Å². The first-order valence-electron chi connectivity index (χ1n) is 11.9. The van der Waals surface area contributed by atoms with Crippen LogP contribution in [0.5, 0.6) is 5.88 Å². The molecule has 0 radical (unpaired) electrons. The number of aromatic nitrogens is 1. The van der Waals surface area contributed by atoms with E-state index in [2.05, 4.69) is 4.98 Å². The molecule has 14 heteroatoms. The number of piperazine rings is 1. The van der Waals surface area contributed by atoms with Crippen LogP contribution in [0.1, 0.15) is 24.0 Å². The fourth-order valence-corrected chi connectivity index (χ4v) is 6.00. The van der Waals surface area contributed by atoms with E-state index in [0.717, 1.165) is 24.1 Å². The molecule has 2 aromatic rings. The van der Waals surface area contributed by atoms with E-state index < -0.39 is 27.9 Å². The van der Waals surface area contributed by atoms with Gasteiger partial charge in [-0.05, 0) is 30.7 Å². The largest absolute Gasteiger partial charge is 0.474 e. The molecule has 208 valence electrons. The first kappa shape index (κ1) is 28.7. The van der Waals surface area contributed by atoms with E-state index in [0.29, 0.717) is 23.1 Å². The van der Waals surface area contributed by atoms with E-state index in [1.165, 1.54) is 10.4 Å². The second kappa shape index (κ2) is 11.1. The fourth-order valence-electron chi connectivity index (χ4n) is 4.86. The number of nitrogens with zero attached hydrogens (tertiary/aromatic N) is 4. The highest BCUT2D eigenvalue weighted by Crippen LogP contribution is 2.39. The zero-order chi connectivity index (χ0) is 27.8. The summed E-state index contributed by atoms with van der Waals surface area (Å²) in [4.78, 5) is 20.5. The molecule has 38 heavy (non-hydrogen) atoms. The summed E-state index contributed by atoms with van der Waals surface area (Å²) < 4.78 is 69.6. The molecule has 0 bridgehead atoms. The number of carbonyl (C=O) groups is 1. The van der Waals surface area contributed by atoms with Crippen LogP contribution in [0.25, 0.3) is 0 Å². The van der Waals surface area contributed by atoms with Crippen molar-refractivity contribution in [3.8, 4) is 5.88 Å². The molecule has 2 aliphatic rings. The molecular formula is C24H27Cl2F3N4O4S. The third kappa shape index (κ3) is 6.47. The van der Waals surface area contributed by atoms with Gasteiger partial charge in [0.1, 0.15) is 6.10 Å². The van der Waals surface area contributed by atoms with Crippen molar-refractivity contribution in [1.82, 2.24) is 19.1 Å². The normalized spacial score (nSPS) is 22.0. The van der Waals surface area contributed by atoms with Gasteiger partial charge in [-0.3, -0.25) is 0 Å². The number of alkyl halides is 3. The number of hydrogen-bond donors (Lipinski definition) is 0. The molecule has 1 aromatic heterocycles. The Balaban J connectivity index is 1.52. The minimum atomic E-state index is -4.50. The molecule has 3 heterocycles. The number of ether oxygens (including phenoxy) is 1. The van der Waals surface area contributed by atoms with Gasteiger partial charge in [0.25, 0.3) is 0 Å². The van der Waals surface area contributed by atoms with Gasteiger partial charge in [-0.25, -0.2) is 18.2 Å². The van der Waals surface area contributed by atoms with Crippen LogP contribution in [0.3, 0.4) is 0 Å². The molecule has 0 saturated carbocycles. The van der Waals surface area contributed by atoms with Gasteiger partial charge in [0, 0.05) is 63.4 Å². The van der Waals surface area contributed by atoms with Crippen LogP contribution in [0.15, 0.2) is 36.5 Å². The number of sulfonamides is 1. The second-order valence-corrected chi connectivity index (χ2v) is 12.3. The lowest BCUT2D eigenvalue weighted by molar-refractivity contribution is -0.137. The van der Waals surface area contributed by atoms with Gasteiger partial charge >= 0.3 is 12.2 Å². The van der Waals surface area contributed by atoms with Crippen LogP contribution in [0.2, 0.25) is 10.0 Å². The van der Waals surface area contributed by atoms with Crippen LogP contribution < -0.4 is 4.74 Å². The van der Waals surface area contributed by atoms with Crippen molar-refractivity contribution < 1.29 is 31.1 Å². The highest BCUT2D eigenvalue weighted by Gasteiger charge is 2.42. The number of carbonyl (C=O) groups excluding carboxylic acids is 1. The van der Waals surface area contributed by atoms with Crippen LogP contribution >= 0.6 is 23.2 Å². The van der Waals surface area contributed by atoms with Crippen molar-refractivity contribution in [3.63, 3.8) is 0 Å². The second-order valence-electron chi connectivity index (χ2n) is 9.49. The Bertz CT molecular complexity index is 1270. The molecule has 2 amide bonds. The molecule has 3 atom stereocenters.